The number of hydrogen-bond acceptors (Lipinski definition) is 4. The van der Waals surface area contributed by atoms with Crippen molar-refractivity contribution >= 4 is 25.7 Å². The van der Waals surface area contributed by atoms with Crippen LogP contribution in [0.1, 0.15) is 36.5 Å². The molecule has 0 aromatic heterocycles. The molecule has 0 N–H and O–H groups in total. The highest BCUT2D eigenvalue weighted by Gasteiger charge is 2.30. The second-order valence-electron chi connectivity index (χ2n) is 7.42. The maximum atomic E-state index is 13.4. The lowest BCUT2D eigenvalue weighted by Gasteiger charge is -2.30. The van der Waals surface area contributed by atoms with Gasteiger partial charge < -0.3 is 0 Å². The third-order valence-corrected chi connectivity index (χ3v) is 9.33. The Morgan fingerprint density at radius 3 is 2.21 bits per heavy atom. The average molecular weight is 437 g/mol. The first kappa shape index (κ1) is 21.8. The van der Waals surface area contributed by atoms with Gasteiger partial charge in [-0.3, -0.25) is 4.31 Å². The molecule has 0 unspecified atom stereocenters. The summed E-state index contributed by atoms with van der Waals surface area (Å²) in [5.74, 6) is 0.131. The molecule has 1 saturated heterocycles. The Bertz CT molecular complexity index is 1060. The summed E-state index contributed by atoms with van der Waals surface area (Å²) in [5, 5.41) is 0. The van der Waals surface area contributed by atoms with Crippen molar-refractivity contribution in [2.75, 3.05) is 23.1 Å². The van der Waals surface area contributed by atoms with Crippen LogP contribution in [0.3, 0.4) is 0 Å². The van der Waals surface area contributed by atoms with Crippen LogP contribution in [0.4, 0.5) is 5.69 Å². The largest absolute Gasteiger partial charge is 0.270 e. The maximum absolute atomic E-state index is 13.4. The van der Waals surface area contributed by atoms with E-state index in [0.29, 0.717) is 42.9 Å². The van der Waals surface area contributed by atoms with Gasteiger partial charge in [0.15, 0.2) is 0 Å². The summed E-state index contributed by atoms with van der Waals surface area (Å²) in [5.41, 5.74) is 2.59. The molecule has 158 valence electrons. The molecule has 6 nitrogen and oxygen atoms in total. The number of nitrogens with zero attached hydrogens (tertiary/aromatic N) is 2. The predicted molar refractivity (Wildman–Crippen MR) is 116 cm³/mol. The Morgan fingerprint density at radius 1 is 1.03 bits per heavy atom. The number of anilines is 1. The van der Waals surface area contributed by atoms with Crippen LogP contribution in [0, 0.1) is 13.8 Å². The van der Waals surface area contributed by atoms with Gasteiger partial charge in [0.05, 0.1) is 16.3 Å². The van der Waals surface area contributed by atoms with Gasteiger partial charge >= 0.3 is 0 Å². The number of hydrogen-bond donors (Lipinski definition) is 0. The van der Waals surface area contributed by atoms with Gasteiger partial charge in [-0.25, -0.2) is 16.8 Å². The van der Waals surface area contributed by atoms with E-state index in [2.05, 4.69) is 0 Å². The van der Waals surface area contributed by atoms with Crippen LogP contribution in [0.25, 0.3) is 0 Å². The first-order valence-corrected chi connectivity index (χ1v) is 12.9. The van der Waals surface area contributed by atoms with Crippen LogP contribution in [0.2, 0.25) is 0 Å². The van der Waals surface area contributed by atoms with Gasteiger partial charge in [-0.15, -0.1) is 0 Å². The van der Waals surface area contributed by atoms with Crippen molar-refractivity contribution in [3.63, 3.8) is 0 Å². The molecule has 0 atom stereocenters. The highest BCUT2D eigenvalue weighted by atomic mass is 32.2. The van der Waals surface area contributed by atoms with E-state index in [1.165, 1.54) is 8.61 Å². The monoisotopic (exact) mass is 436 g/mol. The fourth-order valence-electron chi connectivity index (χ4n) is 3.84. The molecular weight excluding hydrogens is 408 g/mol. The van der Waals surface area contributed by atoms with Gasteiger partial charge in [-0.2, -0.15) is 4.31 Å². The molecular formula is C21H28N2O4S2. The van der Waals surface area contributed by atoms with Gasteiger partial charge in [0, 0.05) is 19.6 Å². The van der Waals surface area contributed by atoms with Gasteiger partial charge in [0.2, 0.25) is 20.0 Å². The van der Waals surface area contributed by atoms with E-state index >= 15 is 0 Å². The predicted octanol–water partition coefficient (Wildman–Crippen LogP) is 3.44. The van der Waals surface area contributed by atoms with Crippen LogP contribution in [0.5, 0.6) is 0 Å². The summed E-state index contributed by atoms with van der Waals surface area (Å²) in [6.45, 7) is 6.36. The van der Waals surface area contributed by atoms with Crippen LogP contribution in [0.15, 0.2) is 47.4 Å². The van der Waals surface area contributed by atoms with Crippen LogP contribution >= 0.6 is 0 Å². The molecule has 0 spiro atoms. The Balaban J connectivity index is 1.99. The standard InChI is InChI=1S/C21H28N2O4S2/c1-4-22(16-19-10-6-5-7-11-19)29(26,27)21-17(2)14-20(15-18(21)3)23-12-8-9-13-28(23,24)25/h5-7,10-11,14-15H,4,8-9,12-13,16H2,1-3H3. The van der Waals surface area contributed by atoms with Crippen molar-refractivity contribution in [2.45, 2.75) is 45.1 Å². The van der Waals surface area contributed by atoms with Crippen molar-refractivity contribution in [3.05, 3.63) is 59.2 Å². The number of benzene rings is 2. The summed E-state index contributed by atoms with van der Waals surface area (Å²) in [7, 11) is -7.07. The Kier molecular flexibility index (Phi) is 6.36. The quantitative estimate of drug-likeness (QED) is 0.695. The Morgan fingerprint density at radius 2 is 1.66 bits per heavy atom. The number of aryl methyl sites for hydroxylation is 2. The maximum Gasteiger partial charge on any atom is 0.243 e. The van der Waals surface area contributed by atoms with E-state index in [9.17, 15) is 16.8 Å². The van der Waals surface area contributed by atoms with E-state index in [1.807, 2.05) is 37.3 Å². The summed E-state index contributed by atoms with van der Waals surface area (Å²) >= 11 is 0. The summed E-state index contributed by atoms with van der Waals surface area (Å²) in [6.07, 6.45) is 1.46. The molecule has 2 aromatic rings. The fraction of sp³-hybridized carbons (Fsp3) is 0.429. The SMILES string of the molecule is CCN(Cc1ccccc1)S(=O)(=O)c1c(C)cc(N2CCCCS2(=O)=O)cc1C. The van der Waals surface area contributed by atoms with Gasteiger partial charge in [-0.05, 0) is 55.5 Å². The topological polar surface area (TPSA) is 74.8 Å². The van der Waals surface area contributed by atoms with Gasteiger partial charge in [-0.1, -0.05) is 37.3 Å². The fourth-order valence-corrected chi connectivity index (χ4v) is 7.31. The molecule has 3 rings (SSSR count). The molecule has 8 heteroatoms. The average Bonchev–Trinajstić information content (AvgIpc) is 2.65. The van der Waals surface area contributed by atoms with E-state index < -0.39 is 20.0 Å². The van der Waals surface area contributed by atoms with Crippen molar-refractivity contribution in [1.29, 1.82) is 0 Å². The van der Waals surface area contributed by atoms with E-state index in [0.717, 1.165) is 12.0 Å². The molecule has 0 aliphatic carbocycles. The zero-order valence-electron chi connectivity index (χ0n) is 17.1. The molecule has 0 bridgehead atoms. The van der Waals surface area contributed by atoms with Crippen molar-refractivity contribution in [2.24, 2.45) is 0 Å². The first-order chi connectivity index (χ1) is 13.7. The van der Waals surface area contributed by atoms with Crippen LogP contribution in [-0.2, 0) is 26.6 Å². The number of sulfonamides is 2. The summed E-state index contributed by atoms with van der Waals surface area (Å²) < 4.78 is 54.6. The van der Waals surface area contributed by atoms with E-state index in [-0.39, 0.29) is 10.6 Å². The number of rotatable bonds is 6. The Hall–Kier alpha value is -1.90. The molecule has 0 amide bonds. The van der Waals surface area contributed by atoms with E-state index in [1.54, 1.807) is 26.0 Å². The summed E-state index contributed by atoms with van der Waals surface area (Å²) in [4.78, 5) is 0.258. The minimum atomic E-state index is -3.72. The lowest BCUT2D eigenvalue weighted by Crippen LogP contribution is -2.38. The molecule has 0 radical (unpaired) electrons. The second-order valence-corrected chi connectivity index (χ2v) is 11.3. The second kappa shape index (κ2) is 8.45. The van der Waals surface area contributed by atoms with Crippen molar-refractivity contribution in [1.82, 2.24) is 4.31 Å². The smallest absolute Gasteiger partial charge is 0.243 e. The highest BCUT2D eigenvalue weighted by Crippen LogP contribution is 2.32. The van der Waals surface area contributed by atoms with Crippen LogP contribution in [-0.4, -0.2) is 40.0 Å². The summed E-state index contributed by atoms with van der Waals surface area (Å²) in [6, 6.07) is 12.8. The zero-order valence-corrected chi connectivity index (χ0v) is 18.8. The first-order valence-electron chi connectivity index (χ1n) is 9.82. The minimum absolute atomic E-state index is 0.131. The Labute approximate surface area is 174 Å². The minimum Gasteiger partial charge on any atom is -0.270 e. The lowest BCUT2D eigenvalue weighted by molar-refractivity contribution is 0.423. The van der Waals surface area contributed by atoms with Crippen molar-refractivity contribution < 1.29 is 16.8 Å². The third kappa shape index (κ3) is 4.49. The van der Waals surface area contributed by atoms with Gasteiger partial charge in [0.25, 0.3) is 0 Å². The molecule has 0 saturated carbocycles. The molecule has 1 heterocycles. The zero-order chi connectivity index (χ0) is 21.2. The normalized spacial score (nSPS) is 16.9. The van der Waals surface area contributed by atoms with Crippen LogP contribution < -0.4 is 4.31 Å². The molecule has 29 heavy (non-hydrogen) atoms. The molecule has 1 aliphatic rings. The highest BCUT2D eigenvalue weighted by molar-refractivity contribution is 7.92. The molecule has 1 fully saturated rings. The van der Waals surface area contributed by atoms with Gasteiger partial charge in [0.1, 0.15) is 0 Å². The lowest BCUT2D eigenvalue weighted by atomic mass is 10.1. The van der Waals surface area contributed by atoms with E-state index in [4.69, 9.17) is 0 Å². The molecule has 1 aliphatic heterocycles. The molecule has 2 aromatic carbocycles. The van der Waals surface area contributed by atoms with Crippen molar-refractivity contribution in [3.8, 4) is 0 Å². The third-order valence-electron chi connectivity index (χ3n) is 5.23.